The van der Waals surface area contributed by atoms with Crippen LogP contribution in [-0.2, 0) is 9.59 Å². The summed E-state index contributed by atoms with van der Waals surface area (Å²) in [5.74, 6) is -0.737. The number of aryl methyl sites for hydroxylation is 1. The Morgan fingerprint density at radius 3 is 2.57 bits per heavy atom. The van der Waals surface area contributed by atoms with Crippen LogP contribution in [0, 0.1) is 18.7 Å². The van der Waals surface area contributed by atoms with E-state index in [2.05, 4.69) is 10.6 Å². The van der Waals surface area contributed by atoms with Crippen LogP contribution in [0.5, 0.6) is 0 Å². The largest absolute Gasteiger partial charge is 0.344 e. The number of rotatable bonds is 4. The normalized spacial score (nSPS) is 16.5. The molecule has 1 fully saturated rings. The van der Waals surface area contributed by atoms with E-state index in [0.717, 1.165) is 31.2 Å². The number of amides is 2. The average Bonchev–Trinajstić information content (AvgIpc) is 2.93. The van der Waals surface area contributed by atoms with E-state index >= 15 is 0 Å². The topological polar surface area (TPSA) is 58.2 Å². The second-order valence-electron chi connectivity index (χ2n) is 5.67. The van der Waals surface area contributed by atoms with E-state index in [4.69, 9.17) is 0 Å². The molecule has 2 amide bonds. The van der Waals surface area contributed by atoms with Crippen LogP contribution < -0.4 is 10.6 Å². The average molecular weight is 292 g/mol. The number of halogens is 1. The van der Waals surface area contributed by atoms with Crippen molar-refractivity contribution in [2.24, 2.45) is 5.92 Å². The fourth-order valence-corrected chi connectivity index (χ4v) is 2.85. The molecule has 0 saturated heterocycles. The molecule has 114 valence electrons. The Balaban J connectivity index is 2.13. The minimum Gasteiger partial charge on any atom is -0.344 e. The molecule has 1 aliphatic carbocycles. The molecule has 0 aromatic heterocycles. The van der Waals surface area contributed by atoms with Crippen LogP contribution in [0.4, 0.5) is 10.1 Å². The summed E-state index contributed by atoms with van der Waals surface area (Å²) in [6.45, 7) is 3.21. The van der Waals surface area contributed by atoms with Crippen molar-refractivity contribution in [1.82, 2.24) is 5.32 Å². The van der Waals surface area contributed by atoms with Crippen LogP contribution in [-0.4, -0.2) is 17.9 Å². The number of carbonyl (C=O) groups is 2. The number of benzene rings is 1. The van der Waals surface area contributed by atoms with Gasteiger partial charge in [-0.25, -0.2) is 4.39 Å². The summed E-state index contributed by atoms with van der Waals surface area (Å²) < 4.78 is 13.3. The zero-order chi connectivity index (χ0) is 15.4. The molecule has 21 heavy (non-hydrogen) atoms. The van der Waals surface area contributed by atoms with Gasteiger partial charge in [-0.3, -0.25) is 9.59 Å². The van der Waals surface area contributed by atoms with Gasteiger partial charge in [0.25, 0.3) is 0 Å². The first-order chi connectivity index (χ1) is 9.97. The number of hydrogen-bond donors (Lipinski definition) is 2. The lowest BCUT2D eigenvalue weighted by Crippen LogP contribution is -2.47. The molecule has 0 aliphatic heterocycles. The van der Waals surface area contributed by atoms with Gasteiger partial charge in [-0.05, 0) is 43.4 Å². The SMILES string of the molecule is CC(=O)N[C@H](C(=O)Nc1cc(F)ccc1C)C1CCCC1. The summed E-state index contributed by atoms with van der Waals surface area (Å²) in [6, 6.07) is 3.72. The fraction of sp³-hybridized carbons (Fsp3) is 0.500. The molecule has 0 radical (unpaired) electrons. The van der Waals surface area contributed by atoms with Gasteiger partial charge in [0.2, 0.25) is 11.8 Å². The van der Waals surface area contributed by atoms with E-state index in [1.165, 1.54) is 19.1 Å². The Morgan fingerprint density at radius 2 is 1.95 bits per heavy atom. The summed E-state index contributed by atoms with van der Waals surface area (Å²) in [4.78, 5) is 23.8. The van der Waals surface area contributed by atoms with Gasteiger partial charge < -0.3 is 10.6 Å². The molecule has 1 aromatic rings. The third-order valence-electron chi connectivity index (χ3n) is 3.97. The van der Waals surface area contributed by atoms with Crippen molar-refractivity contribution in [2.45, 2.75) is 45.6 Å². The lowest BCUT2D eigenvalue weighted by Gasteiger charge is -2.23. The molecule has 0 spiro atoms. The maximum Gasteiger partial charge on any atom is 0.247 e. The summed E-state index contributed by atoms with van der Waals surface area (Å²) in [7, 11) is 0. The monoisotopic (exact) mass is 292 g/mol. The van der Waals surface area contributed by atoms with Gasteiger partial charge >= 0.3 is 0 Å². The molecule has 0 heterocycles. The lowest BCUT2D eigenvalue weighted by molar-refractivity contribution is -0.126. The minimum absolute atomic E-state index is 0.155. The smallest absolute Gasteiger partial charge is 0.247 e. The highest BCUT2D eigenvalue weighted by Crippen LogP contribution is 2.28. The van der Waals surface area contributed by atoms with Gasteiger partial charge in [-0.15, -0.1) is 0 Å². The van der Waals surface area contributed by atoms with E-state index in [1.54, 1.807) is 13.0 Å². The first-order valence-corrected chi connectivity index (χ1v) is 7.31. The molecule has 2 N–H and O–H groups in total. The number of hydrogen-bond acceptors (Lipinski definition) is 2. The number of anilines is 1. The molecular weight excluding hydrogens is 271 g/mol. The molecule has 0 unspecified atom stereocenters. The van der Waals surface area contributed by atoms with Crippen LogP contribution >= 0.6 is 0 Å². The quantitative estimate of drug-likeness (QED) is 0.896. The van der Waals surface area contributed by atoms with Crippen molar-refractivity contribution in [3.8, 4) is 0 Å². The van der Waals surface area contributed by atoms with Crippen molar-refractivity contribution in [2.75, 3.05) is 5.32 Å². The predicted molar refractivity (Wildman–Crippen MR) is 79.3 cm³/mol. The zero-order valence-corrected chi connectivity index (χ0v) is 12.4. The maximum absolute atomic E-state index is 13.3. The first-order valence-electron chi connectivity index (χ1n) is 7.31. The number of nitrogens with one attached hydrogen (secondary N) is 2. The maximum atomic E-state index is 13.3. The van der Waals surface area contributed by atoms with Crippen molar-refractivity contribution in [3.63, 3.8) is 0 Å². The Kier molecular flexibility index (Phi) is 4.94. The summed E-state index contributed by atoms with van der Waals surface area (Å²) in [5, 5.41) is 5.47. The highest BCUT2D eigenvalue weighted by atomic mass is 19.1. The lowest BCUT2D eigenvalue weighted by atomic mass is 9.97. The Bertz CT molecular complexity index is 539. The summed E-state index contributed by atoms with van der Waals surface area (Å²) in [5.41, 5.74) is 1.24. The molecule has 1 aromatic carbocycles. The van der Waals surface area contributed by atoms with E-state index in [1.807, 2.05) is 0 Å². The highest BCUT2D eigenvalue weighted by Gasteiger charge is 2.31. The zero-order valence-electron chi connectivity index (χ0n) is 12.4. The molecule has 1 aliphatic rings. The third kappa shape index (κ3) is 4.03. The number of carbonyl (C=O) groups excluding carboxylic acids is 2. The van der Waals surface area contributed by atoms with Gasteiger partial charge in [0, 0.05) is 12.6 Å². The second-order valence-corrected chi connectivity index (χ2v) is 5.67. The molecule has 5 heteroatoms. The van der Waals surface area contributed by atoms with Gasteiger partial charge in [0.05, 0.1) is 0 Å². The molecular formula is C16H21FN2O2. The summed E-state index contributed by atoms with van der Waals surface area (Å²) in [6.07, 6.45) is 4.01. The van der Waals surface area contributed by atoms with Crippen LogP contribution in [0.25, 0.3) is 0 Å². The van der Waals surface area contributed by atoms with Gasteiger partial charge in [-0.2, -0.15) is 0 Å². The van der Waals surface area contributed by atoms with Crippen molar-refractivity contribution in [1.29, 1.82) is 0 Å². The van der Waals surface area contributed by atoms with Crippen molar-refractivity contribution < 1.29 is 14.0 Å². The molecule has 0 bridgehead atoms. The molecule has 1 atom stereocenters. The predicted octanol–water partition coefficient (Wildman–Crippen LogP) is 2.77. The molecule has 2 rings (SSSR count). The minimum atomic E-state index is -0.548. The van der Waals surface area contributed by atoms with Gasteiger partial charge in [0.1, 0.15) is 11.9 Å². The van der Waals surface area contributed by atoms with Crippen LogP contribution in [0.3, 0.4) is 0 Å². The van der Waals surface area contributed by atoms with Crippen molar-refractivity contribution in [3.05, 3.63) is 29.6 Å². The third-order valence-corrected chi connectivity index (χ3v) is 3.97. The standard InChI is InChI=1S/C16H21FN2O2/c1-10-7-8-13(17)9-14(10)19-16(21)15(18-11(2)20)12-5-3-4-6-12/h7-9,12,15H,3-6H2,1-2H3,(H,18,20)(H,19,21)/t15-/m0/s1. The van der Waals surface area contributed by atoms with Crippen LogP contribution in [0.2, 0.25) is 0 Å². The van der Waals surface area contributed by atoms with E-state index in [9.17, 15) is 14.0 Å². The van der Waals surface area contributed by atoms with E-state index in [0.29, 0.717) is 5.69 Å². The van der Waals surface area contributed by atoms with Crippen LogP contribution in [0.15, 0.2) is 18.2 Å². The molecule has 1 saturated carbocycles. The van der Waals surface area contributed by atoms with Gasteiger partial charge in [0.15, 0.2) is 0 Å². The summed E-state index contributed by atoms with van der Waals surface area (Å²) >= 11 is 0. The molecule has 4 nitrogen and oxygen atoms in total. The van der Waals surface area contributed by atoms with E-state index < -0.39 is 11.9 Å². The van der Waals surface area contributed by atoms with Gasteiger partial charge in [-0.1, -0.05) is 18.9 Å². The Hall–Kier alpha value is -1.91. The highest BCUT2D eigenvalue weighted by molar-refractivity contribution is 5.97. The van der Waals surface area contributed by atoms with Crippen molar-refractivity contribution >= 4 is 17.5 Å². The van der Waals surface area contributed by atoms with E-state index in [-0.39, 0.29) is 17.7 Å². The first kappa shape index (κ1) is 15.5. The second kappa shape index (κ2) is 6.70. The van der Waals surface area contributed by atoms with Crippen LogP contribution in [0.1, 0.15) is 38.2 Å². The Morgan fingerprint density at radius 1 is 1.29 bits per heavy atom. The Labute approximate surface area is 124 Å². The fourth-order valence-electron chi connectivity index (χ4n) is 2.85.